The minimum atomic E-state index is -0.755. The molecule has 2 saturated carbocycles. The molecule has 4 nitrogen and oxygen atoms in total. The van der Waals surface area contributed by atoms with Crippen LogP contribution in [0.15, 0.2) is 0 Å². The number of rotatable bonds is 4. The van der Waals surface area contributed by atoms with Gasteiger partial charge in [-0.1, -0.05) is 12.8 Å². The second kappa shape index (κ2) is 5.72. The van der Waals surface area contributed by atoms with Crippen LogP contribution in [0.3, 0.4) is 0 Å². The molecule has 0 radical (unpaired) electrons. The molecule has 2 rings (SSSR count). The van der Waals surface area contributed by atoms with Crippen molar-refractivity contribution in [2.75, 3.05) is 0 Å². The van der Waals surface area contributed by atoms with Crippen molar-refractivity contribution in [1.29, 1.82) is 0 Å². The number of carboxylic acid groups (broad SMARTS) is 1. The molecule has 0 heterocycles. The van der Waals surface area contributed by atoms with Gasteiger partial charge in [-0.25, -0.2) is 0 Å². The Hall–Kier alpha value is -1.06. The van der Waals surface area contributed by atoms with E-state index in [1.807, 2.05) is 0 Å². The smallest absolute Gasteiger partial charge is 0.306 e. The molecule has 0 aromatic carbocycles. The van der Waals surface area contributed by atoms with E-state index < -0.39 is 5.97 Å². The Labute approximate surface area is 108 Å². The molecule has 0 spiro atoms. The normalized spacial score (nSPS) is 30.3. The maximum atomic E-state index is 12.1. The summed E-state index contributed by atoms with van der Waals surface area (Å²) in [4.78, 5) is 22.9. The average Bonchev–Trinajstić information content (AvgIpc) is 3.00. The summed E-state index contributed by atoms with van der Waals surface area (Å²) in [6.45, 7) is 2.08. The van der Waals surface area contributed by atoms with Crippen LogP contribution in [0.4, 0.5) is 0 Å². The molecule has 0 aliphatic heterocycles. The van der Waals surface area contributed by atoms with E-state index in [9.17, 15) is 9.59 Å². The van der Waals surface area contributed by atoms with Crippen molar-refractivity contribution >= 4 is 11.9 Å². The van der Waals surface area contributed by atoms with Gasteiger partial charge < -0.3 is 10.4 Å². The van der Waals surface area contributed by atoms with Crippen molar-refractivity contribution in [1.82, 2.24) is 5.32 Å². The molecule has 2 fully saturated rings. The lowest BCUT2D eigenvalue weighted by Gasteiger charge is -2.22. The molecule has 3 atom stereocenters. The van der Waals surface area contributed by atoms with Gasteiger partial charge in [0.2, 0.25) is 5.91 Å². The molecular formula is C14H23NO3. The summed E-state index contributed by atoms with van der Waals surface area (Å²) in [7, 11) is 0. The molecule has 2 aliphatic rings. The molecule has 2 aliphatic carbocycles. The minimum absolute atomic E-state index is 0.0677. The summed E-state index contributed by atoms with van der Waals surface area (Å²) >= 11 is 0. The zero-order chi connectivity index (χ0) is 13.1. The zero-order valence-electron chi connectivity index (χ0n) is 11.0. The van der Waals surface area contributed by atoms with Gasteiger partial charge in [0.1, 0.15) is 0 Å². The first-order chi connectivity index (χ1) is 8.58. The van der Waals surface area contributed by atoms with Crippen molar-refractivity contribution in [3.8, 4) is 0 Å². The van der Waals surface area contributed by atoms with Crippen LogP contribution in [0.2, 0.25) is 0 Å². The SMILES string of the molecule is C[C@@H](NC(=O)C1CCC(C(=O)O)C1)C1CCCC1. The van der Waals surface area contributed by atoms with E-state index in [0.717, 1.165) is 6.42 Å². The zero-order valence-corrected chi connectivity index (χ0v) is 11.0. The second-order valence-electron chi connectivity index (χ2n) is 5.89. The molecular weight excluding hydrogens is 230 g/mol. The number of amides is 1. The van der Waals surface area contributed by atoms with Gasteiger partial charge in [0.15, 0.2) is 0 Å². The molecule has 2 N–H and O–H groups in total. The summed E-state index contributed by atoms with van der Waals surface area (Å²) < 4.78 is 0. The number of carbonyl (C=O) groups excluding carboxylic acids is 1. The van der Waals surface area contributed by atoms with Gasteiger partial charge in [0.05, 0.1) is 5.92 Å². The number of hydrogen-bond donors (Lipinski definition) is 2. The number of carbonyl (C=O) groups is 2. The van der Waals surface area contributed by atoms with E-state index in [0.29, 0.717) is 18.8 Å². The lowest BCUT2D eigenvalue weighted by molar-refractivity contribution is -0.141. The number of hydrogen-bond acceptors (Lipinski definition) is 2. The Morgan fingerprint density at radius 1 is 1.11 bits per heavy atom. The second-order valence-corrected chi connectivity index (χ2v) is 5.89. The summed E-state index contributed by atoms with van der Waals surface area (Å²) in [6, 6.07) is 0.240. The molecule has 4 heteroatoms. The third kappa shape index (κ3) is 3.03. The van der Waals surface area contributed by atoms with E-state index in [4.69, 9.17) is 5.11 Å². The fourth-order valence-corrected chi connectivity index (χ4v) is 3.36. The summed E-state index contributed by atoms with van der Waals surface area (Å²) in [5, 5.41) is 12.0. The fraction of sp³-hybridized carbons (Fsp3) is 0.857. The van der Waals surface area contributed by atoms with Gasteiger partial charge in [-0.05, 0) is 44.9 Å². The van der Waals surface area contributed by atoms with E-state index in [1.165, 1.54) is 25.7 Å². The highest BCUT2D eigenvalue weighted by Crippen LogP contribution is 2.32. The molecule has 102 valence electrons. The molecule has 0 aromatic rings. The Bertz CT molecular complexity index is 323. The maximum absolute atomic E-state index is 12.1. The van der Waals surface area contributed by atoms with Crippen LogP contribution in [0.25, 0.3) is 0 Å². The first-order valence-electron chi connectivity index (χ1n) is 7.11. The largest absolute Gasteiger partial charge is 0.481 e. The molecule has 18 heavy (non-hydrogen) atoms. The first-order valence-corrected chi connectivity index (χ1v) is 7.11. The van der Waals surface area contributed by atoms with Gasteiger partial charge >= 0.3 is 5.97 Å². The standard InChI is InChI=1S/C14H23NO3/c1-9(10-4-2-3-5-10)15-13(16)11-6-7-12(8-11)14(17)18/h9-12H,2-8H2,1H3,(H,15,16)(H,17,18)/t9-,11?,12?/m1/s1. The molecule has 0 saturated heterocycles. The number of nitrogens with one attached hydrogen (secondary N) is 1. The van der Waals surface area contributed by atoms with Gasteiger partial charge in [-0.3, -0.25) is 9.59 Å². The summed E-state index contributed by atoms with van der Waals surface area (Å²) in [5.41, 5.74) is 0. The van der Waals surface area contributed by atoms with E-state index in [2.05, 4.69) is 12.2 Å². The van der Waals surface area contributed by atoms with E-state index in [1.54, 1.807) is 0 Å². The third-order valence-electron chi connectivity index (χ3n) is 4.63. The monoisotopic (exact) mass is 253 g/mol. The van der Waals surface area contributed by atoms with Crippen LogP contribution in [0, 0.1) is 17.8 Å². The van der Waals surface area contributed by atoms with Crippen molar-refractivity contribution in [2.45, 2.75) is 57.9 Å². The van der Waals surface area contributed by atoms with Crippen LogP contribution in [0.1, 0.15) is 51.9 Å². The van der Waals surface area contributed by atoms with Crippen LogP contribution >= 0.6 is 0 Å². The van der Waals surface area contributed by atoms with Crippen molar-refractivity contribution < 1.29 is 14.7 Å². The van der Waals surface area contributed by atoms with Crippen molar-refractivity contribution in [2.24, 2.45) is 17.8 Å². The predicted molar refractivity (Wildman–Crippen MR) is 68.0 cm³/mol. The van der Waals surface area contributed by atoms with Gasteiger partial charge in [0, 0.05) is 12.0 Å². The lowest BCUT2D eigenvalue weighted by atomic mass is 9.98. The van der Waals surface area contributed by atoms with Crippen molar-refractivity contribution in [3.05, 3.63) is 0 Å². The lowest BCUT2D eigenvalue weighted by Crippen LogP contribution is -2.40. The topological polar surface area (TPSA) is 66.4 Å². The summed E-state index contributed by atoms with van der Waals surface area (Å²) in [6.07, 6.45) is 6.85. The Morgan fingerprint density at radius 2 is 1.72 bits per heavy atom. The fourth-order valence-electron chi connectivity index (χ4n) is 3.36. The Balaban J connectivity index is 1.79. The van der Waals surface area contributed by atoms with E-state index in [-0.39, 0.29) is 23.8 Å². The van der Waals surface area contributed by atoms with Crippen LogP contribution in [-0.4, -0.2) is 23.0 Å². The molecule has 0 bridgehead atoms. The van der Waals surface area contributed by atoms with Crippen LogP contribution in [0.5, 0.6) is 0 Å². The number of aliphatic carboxylic acids is 1. The van der Waals surface area contributed by atoms with Gasteiger partial charge in [0.25, 0.3) is 0 Å². The average molecular weight is 253 g/mol. The Morgan fingerprint density at radius 3 is 2.28 bits per heavy atom. The maximum Gasteiger partial charge on any atom is 0.306 e. The van der Waals surface area contributed by atoms with Crippen LogP contribution < -0.4 is 5.32 Å². The highest BCUT2D eigenvalue weighted by atomic mass is 16.4. The first kappa shape index (κ1) is 13.4. The van der Waals surface area contributed by atoms with E-state index >= 15 is 0 Å². The highest BCUT2D eigenvalue weighted by Gasteiger charge is 2.34. The van der Waals surface area contributed by atoms with Gasteiger partial charge in [-0.15, -0.1) is 0 Å². The summed E-state index contributed by atoms with van der Waals surface area (Å²) in [5.74, 6) is -0.476. The quantitative estimate of drug-likeness (QED) is 0.807. The van der Waals surface area contributed by atoms with Crippen LogP contribution in [-0.2, 0) is 9.59 Å². The molecule has 0 aromatic heterocycles. The minimum Gasteiger partial charge on any atom is -0.481 e. The highest BCUT2D eigenvalue weighted by molar-refractivity contribution is 5.81. The van der Waals surface area contributed by atoms with Gasteiger partial charge in [-0.2, -0.15) is 0 Å². The van der Waals surface area contributed by atoms with Crippen molar-refractivity contribution in [3.63, 3.8) is 0 Å². The molecule has 1 amide bonds. The molecule has 2 unspecified atom stereocenters. The Kier molecular flexibility index (Phi) is 4.25. The predicted octanol–water partition coefficient (Wildman–Crippen LogP) is 2.18. The number of carboxylic acids is 1. The third-order valence-corrected chi connectivity index (χ3v) is 4.63.